The lowest BCUT2D eigenvalue weighted by Crippen LogP contribution is -2.32. The number of fused-ring (bicyclic) bond motifs is 1. The third-order valence-electron chi connectivity index (χ3n) is 14.0. The van der Waals surface area contributed by atoms with Gasteiger partial charge in [-0.3, -0.25) is 43.2 Å². The number of anilines is 6. The number of carbonyl (C=O) groups is 9. The second-order valence-corrected chi connectivity index (χ2v) is 21.4. The second kappa shape index (κ2) is 26.9. The summed E-state index contributed by atoms with van der Waals surface area (Å²) in [6.45, 7) is 1.71. The number of aromatic amines is 1. The molecule has 9 aromatic rings. The van der Waals surface area contributed by atoms with Gasteiger partial charge in [-0.1, -0.05) is 0 Å². The molecule has 1 aromatic carbocycles. The number of imidazole rings is 4. The number of rotatable bonds is 25. The van der Waals surface area contributed by atoms with Crippen molar-refractivity contribution in [3.05, 3.63) is 132 Å². The third-order valence-corrected chi connectivity index (χ3v) is 14.0. The molecular weight excluding hydrogens is 1150 g/mol. The van der Waals surface area contributed by atoms with Gasteiger partial charge in [0.15, 0.2) is 29.1 Å². The van der Waals surface area contributed by atoms with Crippen molar-refractivity contribution in [3.63, 3.8) is 0 Å². The molecule has 31 nitrogen and oxygen atoms in total. The Labute approximate surface area is 508 Å². The molecule has 8 aromatic heterocycles. The molecule has 0 radical (unpaired) electrons. The van der Waals surface area contributed by atoms with E-state index in [0.29, 0.717) is 64.0 Å². The summed E-state index contributed by atoms with van der Waals surface area (Å²) >= 11 is 0. The van der Waals surface area contributed by atoms with Crippen LogP contribution >= 0.6 is 0 Å². The minimum Gasteiger partial charge on any atom is -0.356 e. The summed E-state index contributed by atoms with van der Waals surface area (Å²) in [5.41, 5.74) is 3.74. The Morgan fingerprint density at radius 1 is 0.461 bits per heavy atom. The molecule has 0 aliphatic carbocycles. The first-order chi connectivity index (χ1) is 42.5. The van der Waals surface area contributed by atoms with Gasteiger partial charge in [-0.2, -0.15) is 0 Å². The van der Waals surface area contributed by atoms with Crippen LogP contribution in [0.5, 0.6) is 0 Å². The summed E-state index contributed by atoms with van der Waals surface area (Å²) in [5.74, 6) is -2.50. The van der Waals surface area contributed by atoms with Crippen LogP contribution in [-0.2, 0) is 58.9 Å². The Hall–Kier alpha value is -11.4. The Bertz CT molecular complexity index is 4190. The third kappa shape index (κ3) is 15.2. The van der Waals surface area contributed by atoms with Gasteiger partial charge in [0.05, 0.1) is 33.8 Å². The number of aryl methyl sites for hydroxylation is 7. The van der Waals surface area contributed by atoms with E-state index in [1.54, 1.807) is 128 Å². The lowest BCUT2D eigenvalue weighted by atomic mass is 10.2. The van der Waals surface area contributed by atoms with E-state index in [9.17, 15) is 43.2 Å². The lowest BCUT2D eigenvalue weighted by Gasteiger charge is -2.10. The summed E-state index contributed by atoms with van der Waals surface area (Å²) in [5, 5.41) is 24.9. The highest BCUT2D eigenvalue weighted by Gasteiger charge is 2.23. The molecule has 89 heavy (non-hydrogen) atoms. The SMILES string of the molecule is CN(C)CCCNC(=O)CCNC(=O)c1cc(NC(=O)c2cc(NC(=O)c3ccc4nc(-c5nc(NC(=O)CCCNC(=O)c6cc(NC(=O)c7cc(NC(=O)c8nc(NC(=O)c9nccn9C)cn8C)cn7C)cn6C)cn5C)[nH]c4c3)cn2C)cn1C. The van der Waals surface area contributed by atoms with E-state index in [0.717, 1.165) is 13.0 Å². The van der Waals surface area contributed by atoms with Gasteiger partial charge < -0.3 is 89.7 Å². The smallest absolute Gasteiger partial charge is 0.292 e. The van der Waals surface area contributed by atoms with Crippen molar-refractivity contribution >= 4 is 98.6 Å². The van der Waals surface area contributed by atoms with E-state index in [-0.39, 0.29) is 83.8 Å². The molecule has 0 aliphatic rings. The van der Waals surface area contributed by atoms with Gasteiger partial charge in [0.1, 0.15) is 22.8 Å². The average Bonchev–Trinajstić information content (AvgIpc) is 2.86. The highest BCUT2D eigenvalue weighted by Crippen LogP contribution is 2.25. The van der Waals surface area contributed by atoms with Crippen LogP contribution in [0.2, 0.25) is 0 Å². The maximum Gasteiger partial charge on any atom is 0.292 e. The molecule has 0 fully saturated rings. The number of H-pyrrole nitrogens is 1. The maximum absolute atomic E-state index is 13.5. The second-order valence-electron chi connectivity index (χ2n) is 21.4. The topological polar surface area (TPSA) is 367 Å². The predicted molar refractivity (Wildman–Crippen MR) is 329 cm³/mol. The highest BCUT2D eigenvalue weighted by molar-refractivity contribution is 6.10. The number of amides is 9. The van der Waals surface area contributed by atoms with E-state index in [1.807, 2.05) is 19.0 Å². The van der Waals surface area contributed by atoms with Crippen LogP contribution in [0.3, 0.4) is 0 Å². The molecule has 9 amide bonds. The van der Waals surface area contributed by atoms with Crippen LogP contribution in [0.25, 0.3) is 22.7 Å². The van der Waals surface area contributed by atoms with Crippen LogP contribution < -0.4 is 47.9 Å². The van der Waals surface area contributed by atoms with E-state index in [2.05, 4.69) is 72.8 Å². The number of nitrogens with zero attached hydrogens (tertiary/aromatic N) is 12. The molecule has 0 atom stereocenters. The highest BCUT2D eigenvalue weighted by atomic mass is 16.2. The van der Waals surface area contributed by atoms with Gasteiger partial charge in [-0.25, -0.2) is 19.9 Å². The Balaban J connectivity index is 0.705. The molecule has 464 valence electrons. The van der Waals surface area contributed by atoms with Gasteiger partial charge in [0, 0.05) is 137 Å². The number of carbonyl (C=O) groups excluding carboxylic acids is 9. The monoisotopic (exact) mass is 1220 g/mol. The maximum atomic E-state index is 13.5. The molecule has 8 heterocycles. The molecule has 10 N–H and O–H groups in total. The van der Waals surface area contributed by atoms with Crippen LogP contribution in [0.4, 0.5) is 34.4 Å². The first kappa shape index (κ1) is 62.2. The van der Waals surface area contributed by atoms with E-state index in [4.69, 9.17) is 0 Å². The van der Waals surface area contributed by atoms with Crippen molar-refractivity contribution in [2.45, 2.75) is 25.7 Å². The van der Waals surface area contributed by atoms with Gasteiger partial charge in [0.25, 0.3) is 41.4 Å². The summed E-state index contributed by atoms with van der Waals surface area (Å²) in [6, 6.07) is 11.0. The Morgan fingerprint density at radius 2 is 0.978 bits per heavy atom. The Morgan fingerprint density at radius 3 is 1.55 bits per heavy atom. The van der Waals surface area contributed by atoms with Crippen molar-refractivity contribution in [2.24, 2.45) is 49.3 Å². The number of hydrogen-bond donors (Lipinski definition) is 10. The van der Waals surface area contributed by atoms with E-state index in [1.165, 1.54) is 45.8 Å². The average molecular weight is 1220 g/mol. The van der Waals surface area contributed by atoms with E-state index < -0.39 is 41.4 Å². The zero-order chi connectivity index (χ0) is 63.8. The molecule has 0 bridgehead atoms. The fourth-order valence-corrected chi connectivity index (χ4v) is 9.55. The number of aromatic nitrogens is 12. The minimum atomic E-state index is -0.586. The van der Waals surface area contributed by atoms with E-state index >= 15 is 0 Å². The molecule has 9 rings (SSSR count). The molecule has 31 heteroatoms. The molecule has 0 saturated heterocycles. The standard InChI is InChI=1S/C58H68N22O9/c1-73(2)20-11-17-59-46(81)15-18-62-54(85)41-24-36(29-76(41)5)65-55(86)42-25-34(27-77(42)6)63-52(83)33-13-14-38-39(22-33)68-48(67-38)49-70-44(31-79(49)8)69-47(82)12-10-16-61-53(84)40-23-35(28-75(40)4)64-56(87)43-26-37(30-78(43)7)66-58(89)51-71-45(32-80(51)9)72-57(88)50-60-19-21-74(50)3/h13-14,19,21-32H,10-12,15-18,20H2,1-9H3,(H,59,81)(H,61,84)(H,62,85)(H,63,83)(H,64,87)(H,65,86)(H,66,89)(H,67,68)(H,69,82)(H,72,88). The zero-order valence-corrected chi connectivity index (χ0v) is 50.4. The number of hydrogen-bond acceptors (Lipinski definition) is 14. The Kier molecular flexibility index (Phi) is 18.8. The minimum absolute atomic E-state index is 0.00177. The largest absolute Gasteiger partial charge is 0.356 e. The molecule has 0 spiro atoms. The zero-order valence-electron chi connectivity index (χ0n) is 50.4. The van der Waals surface area contributed by atoms with Crippen LogP contribution in [-0.4, -0.2) is 155 Å². The van der Waals surface area contributed by atoms with Gasteiger partial charge in [-0.05, 0) is 75.9 Å². The summed E-state index contributed by atoms with van der Waals surface area (Å²) in [7, 11) is 15.5. The normalized spacial score (nSPS) is 11.2. The quantitative estimate of drug-likeness (QED) is 0.0367. The summed E-state index contributed by atoms with van der Waals surface area (Å²) < 4.78 is 10.9. The predicted octanol–water partition coefficient (Wildman–Crippen LogP) is 3.38. The molecule has 0 unspecified atom stereocenters. The van der Waals surface area contributed by atoms with Gasteiger partial charge in [0.2, 0.25) is 17.6 Å². The van der Waals surface area contributed by atoms with Crippen molar-refractivity contribution < 1.29 is 43.2 Å². The molecule has 0 saturated carbocycles. The van der Waals surface area contributed by atoms with Crippen LogP contribution in [0.15, 0.2) is 92.0 Å². The fourth-order valence-electron chi connectivity index (χ4n) is 9.55. The van der Waals surface area contributed by atoms with Crippen molar-refractivity contribution in [3.8, 4) is 11.6 Å². The molecular formula is C58H68N22O9. The number of benzene rings is 1. The van der Waals surface area contributed by atoms with Crippen LogP contribution in [0.1, 0.15) is 99.2 Å². The number of nitrogens with one attached hydrogen (secondary N) is 10. The summed E-state index contributed by atoms with van der Waals surface area (Å²) in [6.07, 6.45) is 13.8. The van der Waals surface area contributed by atoms with Crippen molar-refractivity contribution in [1.82, 2.24) is 77.7 Å². The molecule has 0 aliphatic heterocycles. The van der Waals surface area contributed by atoms with Crippen molar-refractivity contribution in [2.75, 3.05) is 72.2 Å². The van der Waals surface area contributed by atoms with Crippen LogP contribution in [0, 0.1) is 0 Å². The van der Waals surface area contributed by atoms with Gasteiger partial charge >= 0.3 is 0 Å². The first-order valence-corrected chi connectivity index (χ1v) is 28.0. The van der Waals surface area contributed by atoms with Gasteiger partial charge in [-0.15, -0.1) is 0 Å². The van der Waals surface area contributed by atoms with Crippen molar-refractivity contribution in [1.29, 1.82) is 0 Å². The lowest BCUT2D eigenvalue weighted by molar-refractivity contribution is -0.121. The first-order valence-electron chi connectivity index (χ1n) is 28.0. The fraction of sp³-hybridized carbons (Fsp3) is 0.293. The summed E-state index contributed by atoms with van der Waals surface area (Å²) in [4.78, 5) is 140.